The van der Waals surface area contributed by atoms with Crippen molar-refractivity contribution in [3.05, 3.63) is 47.1 Å². The summed E-state index contributed by atoms with van der Waals surface area (Å²) in [6.45, 7) is 2.48. The fourth-order valence-corrected chi connectivity index (χ4v) is 6.05. The molecule has 2 saturated heterocycles. The van der Waals surface area contributed by atoms with Gasteiger partial charge in [0.25, 0.3) is 0 Å². The lowest BCUT2D eigenvalue weighted by molar-refractivity contribution is 0.0474. The number of hydrogen-bond donors (Lipinski definition) is 1. The molecule has 0 aliphatic carbocycles. The molecule has 0 radical (unpaired) electrons. The maximum absolute atomic E-state index is 11.5. The van der Waals surface area contributed by atoms with Gasteiger partial charge in [0.15, 0.2) is 0 Å². The molecule has 3 aliphatic rings. The lowest BCUT2D eigenvalue weighted by Gasteiger charge is -2.36. The smallest absolute Gasteiger partial charge is 0.407 e. The van der Waals surface area contributed by atoms with Crippen LogP contribution in [0.5, 0.6) is 11.8 Å². The number of aromatic nitrogens is 2. The molecule has 2 bridgehead atoms. The van der Waals surface area contributed by atoms with E-state index in [2.05, 4.69) is 28.2 Å². The molecule has 6 rings (SSSR count). The van der Waals surface area contributed by atoms with Gasteiger partial charge in [-0.2, -0.15) is 4.98 Å². The first-order valence-electron chi connectivity index (χ1n) is 10.9. The highest BCUT2D eigenvalue weighted by molar-refractivity contribution is 7.15. The summed E-state index contributed by atoms with van der Waals surface area (Å²) < 4.78 is 12.2. The van der Waals surface area contributed by atoms with E-state index in [1.54, 1.807) is 16.2 Å². The van der Waals surface area contributed by atoms with Crippen molar-refractivity contribution in [3.63, 3.8) is 0 Å². The molecule has 2 fully saturated rings. The molecule has 3 atom stereocenters. The summed E-state index contributed by atoms with van der Waals surface area (Å²) in [5, 5.41) is 10.5. The Labute approximate surface area is 189 Å². The molecule has 1 aromatic carbocycles. The van der Waals surface area contributed by atoms with Crippen molar-refractivity contribution in [2.24, 2.45) is 0 Å². The van der Waals surface area contributed by atoms with Crippen molar-refractivity contribution in [1.29, 1.82) is 0 Å². The number of pyridine rings is 1. The Morgan fingerprint density at radius 2 is 1.97 bits per heavy atom. The van der Waals surface area contributed by atoms with Gasteiger partial charge in [0.1, 0.15) is 12.7 Å². The molecule has 0 spiro atoms. The third-order valence-electron chi connectivity index (χ3n) is 6.70. The van der Waals surface area contributed by atoms with Crippen LogP contribution in [0, 0.1) is 6.92 Å². The zero-order valence-corrected chi connectivity index (χ0v) is 18.5. The maximum Gasteiger partial charge on any atom is 0.407 e. The van der Waals surface area contributed by atoms with E-state index in [9.17, 15) is 9.90 Å². The van der Waals surface area contributed by atoms with E-state index in [-0.39, 0.29) is 18.2 Å². The van der Waals surface area contributed by atoms with E-state index in [0.29, 0.717) is 31.2 Å². The Morgan fingerprint density at radius 3 is 2.69 bits per heavy atom. The van der Waals surface area contributed by atoms with Crippen LogP contribution in [0.3, 0.4) is 0 Å². The van der Waals surface area contributed by atoms with Crippen molar-refractivity contribution in [3.8, 4) is 33.3 Å². The number of rotatable bonds is 3. The van der Waals surface area contributed by atoms with Crippen LogP contribution >= 0.6 is 11.3 Å². The fraction of sp³-hybridized carbons (Fsp3) is 0.375. The highest BCUT2D eigenvalue weighted by Gasteiger charge is 2.44. The van der Waals surface area contributed by atoms with Crippen molar-refractivity contribution < 1.29 is 19.4 Å². The molecule has 5 heterocycles. The Hall–Kier alpha value is -3.13. The second-order valence-electron chi connectivity index (χ2n) is 8.69. The summed E-state index contributed by atoms with van der Waals surface area (Å²) >= 11 is 1.69. The molecule has 0 saturated carbocycles. The number of piperidine rings is 1. The fourth-order valence-electron chi connectivity index (χ4n) is 5.28. The van der Waals surface area contributed by atoms with Gasteiger partial charge >= 0.3 is 6.09 Å². The Kier molecular flexibility index (Phi) is 4.57. The van der Waals surface area contributed by atoms with Gasteiger partial charge in [-0.05, 0) is 48.6 Å². The molecule has 7 nitrogen and oxygen atoms in total. The normalized spacial score (nSPS) is 23.3. The summed E-state index contributed by atoms with van der Waals surface area (Å²) in [4.78, 5) is 23.3. The van der Waals surface area contributed by atoms with Crippen molar-refractivity contribution >= 4 is 17.4 Å². The van der Waals surface area contributed by atoms with Gasteiger partial charge in [-0.15, -0.1) is 11.3 Å². The maximum atomic E-state index is 11.5. The molecule has 32 heavy (non-hydrogen) atoms. The average molecular weight is 450 g/mol. The second-order valence-corrected chi connectivity index (χ2v) is 9.93. The Bertz CT molecular complexity index is 1200. The zero-order chi connectivity index (χ0) is 21.8. The predicted octanol–water partition coefficient (Wildman–Crippen LogP) is 5.13. The van der Waals surface area contributed by atoms with E-state index in [0.717, 1.165) is 45.0 Å². The molecule has 1 N–H and O–H groups in total. The summed E-state index contributed by atoms with van der Waals surface area (Å²) in [6, 6.07) is 10.4. The first-order chi connectivity index (χ1) is 15.5. The van der Waals surface area contributed by atoms with Gasteiger partial charge < -0.3 is 19.5 Å². The van der Waals surface area contributed by atoms with E-state index in [4.69, 9.17) is 9.47 Å². The van der Waals surface area contributed by atoms with Gasteiger partial charge in [0, 0.05) is 42.8 Å². The molecule has 1 amide bonds. The van der Waals surface area contributed by atoms with Crippen LogP contribution in [-0.4, -0.2) is 44.3 Å². The van der Waals surface area contributed by atoms with E-state index in [1.165, 1.54) is 0 Å². The van der Waals surface area contributed by atoms with Crippen LogP contribution < -0.4 is 9.47 Å². The Balaban J connectivity index is 1.21. The molecule has 2 aromatic heterocycles. The number of ether oxygens (including phenoxy) is 2. The largest absolute Gasteiger partial charge is 0.474 e. The van der Waals surface area contributed by atoms with Gasteiger partial charge in [-0.25, -0.2) is 9.78 Å². The van der Waals surface area contributed by atoms with E-state index < -0.39 is 6.09 Å². The molecule has 1 unspecified atom stereocenters. The molecule has 164 valence electrons. The number of nitrogens with zero attached hydrogens (tertiary/aromatic N) is 3. The minimum Gasteiger partial charge on any atom is -0.474 e. The standard InChI is InChI=1S/C24H23N3O4S/c1-13-25-11-21(32-13)14-2-5-19-15(8-14)12-30-23-20(19)6-7-22(26-23)31-18-9-16-3-4-17(10-18)27(16)24(28)29/h2,5-8,11,16-18H,3-4,9-10,12H2,1H3,(H,28,29)/t16-,17+,18?. The van der Waals surface area contributed by atoms with Gasteiger partial charge in [0.05, 0.1) is 9.88 Å². The quantitative estimate of drug-likeness (QED) is 0.597. The number of fused-ring (bicyclic) bond motifs is 5. The lowest BCUT2D eigenvalue weighted by Crippen LogP contribution is -2.48. The Morgan fingerprint density at radius 1 is 1.19 bits per heavy atom. The lowest BCUT2D eigenvalue weighted by atomic mass is 9.96. The molecule has 8 heteroatoms. The van der Waals surface area contributed by atoms with Crippen LogP contribution in [0.4, 0.5) is 4.79 Å². The number of amides is 1. The first kappa shape index (κ1) is 19.5. The second kappa shape index (κ2) is 7.48. The van der Waals surface area contributed by atoms with Crippen LogP contribution in [0.15, 0.2) is 36.5 Å². The van der Waals surface area contributed by atoms with Crippen LogP contribution in [-0.2, 0) is 6.61 Å². The van der Waals surface area contributed by atoms with E-state index >= 15 is 0 Å². The van der Waals surface area contributed by atoms with Crippen LogP contribution in [0.1, 0.15) is 36.3 Å². The number of thiazole rings is 1. The SMILES string of the molecule is Cc1ncc(-c2ccc3c(c2)COc2nc(OC4C[C@H]5CC[C@@H](C4)N5C(=O)O)ccc2-3)s1. The van der Waals surface area contributed by atoms with Crippen molar-refractivity contribution in [2.75, 3.05) is 0 Å². The van der Waals surface area contributed by atoms with Crippen LogP contribution in [0.2, 0.25) is 0 Å². The third kappa shape index (κ3) is 3.30. The minimum atomic E-state index is -0.816. The zero-order valence-electron chi connectivity index (χ0n) is 17.7. The topological polar surface area (TPSA) is 84.8 Å². The summed E-state index contributed by atoms with van der Waals surface area (Å²) in [5.74, 6) is 1.12. The number of carbonyl (C=O) groups is 1. The number of hydrogen-bond acceptors (Lipinski definition) is 6. The van der Waals surface area contributed by atoms with Crippen molar-refractivity contribution in [2.45, 2.75) is 57.4 Å². The minimum absolute atomic E-state index is 0.0186. The van der Waals surface area contributed by atoms with Gasteiger partial charge in [0.2, 0.25) is 11.8 Å². The predicted molar refractivity (Wildman–Crippen MR) is 120 cm³/mol. The van der Waals surface area contributed by atoms with E-state index in [1.807, 2.05) is 25.3 Å². The number of carboxylic acid groups (broad SMARTS) is 1. The number of aryl methyl sites for hydroxylation is 1. The third-order valence-corrected chi connectivity index (χ3v) is 7.66. The molecular formula is C24H23N3O4S. The van der Waals surface area contributed by atoms with Gasteiger partial charge in [-0.3, -0.25) is 0 Å². The van der Waals surface area contributed by atoms with Gasteiger partial charge in [-0.1, -0.05) is 12.1 Å². The summed E-state index contributed by atoms with van der Waals surface area (Å²) in [6.07, 6.45) is 4.33. The highest BCUT2D eigenvalue weighted by atomic mass is 32.1. The summed E-state index contributed by atoms with van der Waals surface area (Å²) in [7, 11) is 0. The average Bonchev–Trinajstić information content (AvgIpc) is 3.34. The molecule has 3 aliphatic heterocycles. The first-order valence-corrected chi connectivity index (χ1v) is 11.7. The summed E-state index contributed by atoms with van der Waals surface area (Å²) in [5.41, 5.74) is 4.38. The molecular weight excluding hydrogens is 426 g/mol. The number of benzene rings is 1. The highest BCUT2D eigenvalue weighted by Crippen LogP contribution is 2.41. The van der Waals surface area contributed by atoms with Crippen molar-refractivity contribution in [1.82, 2.24) is 14.9 Å². The molecule has 3 aromatic rings. The monoisotopic (exact) mass is 449 g/mol. The van der Waals surface area contributed by atoms with Crippen LogP contribution in [0.25, 0.3) is 21.6 Å².